The number of aromatic nitrogens is 1. The average Bonchev–Trinajstić information content (AvgIpc) is 3.71. The van der Waals surface area contributed by atoms with Gasteiger partial charge in [0.15, 0.2) is 11.5 Å². The number of carbonyl (C=O) groups excluding carboxylic acids is 2. The summed E-state index contributed by atoms with van der Waals surface area (Å²) in [7, 11) is 0. The van der Waals surface area contributed by atoms with Crippen LogP contribution in [0, 0.1) is 0 Å². The molecular formula is C30H31N3O4S. The summed E-state index contributed by atoms with van der Waals surface area (Å²) in [4.78, 5) is 33.8. The van der Waals surface area contributed by atoms with E-state index in [4.69, 9.17) is 9.47 Å². The van der Waals surface area contributed by atoms with E-state index in [-0.39, 0.29) is 37.6 Å². The first-order valence-electron chi connectivity index (χ1n) is 13.2. The number of aromatic amines is 1. The number of nitrogens with zero attached hydrogens (tertiary/aromatic N) is 1. The van der Waals surface area contributed by atoms with Gasteiger partial charge in [-0.2, -0.15) is 0 Å². The van der Waals surface area contributed by atoms with Crippen molar-refractivity contribution in [1.82, 2.24) is 15.2 Å². The summed E-state index contributed by atoms with van der Waals surface area (Å²) >= 11 is 1.50. The van der Waals surface area contributed by atoms with E-state index in [1.54, 1.807) is 4.90 Å². The number of hydrogen-bond donors (Lipinski definition) is 2. The third-order valence-electron chi connectivity index (χ3n) is 7.45. The molecule has 0 saturated heterocycles. The lowest BCUT2D eigenvalue weighted by molar-refractivity contribution is -0.141. The Labute approximate surface area is 225 Å². The van der Waals surface area contributed by atoms with Crippen LogP contribution >= 0.6 is 11.3 Å². The van der Waals surface area contributed by atoms with Crippen LogP contribution in [0.15, 0.2) is 66.2 Å². The SMILES string of the molecule is O=C(NC1CCCCC1)[C@@H](c1cccs1)N(Cc1ccc2c(c1)OCO2)C(=O)Cc1c[nH]c2ccccc12. The van der Waals surface area contributed by atoms with Crippen molar-refractivity contribution in [2.24, 2.45) is 0 Å². The molecule has 8 heteroatoms. The summed E-state index contributed by atoms with van der Waals surface area (Å²) in [6, 6.07) is 17.0. The lowest BCUT2D eigenvalue weighted by Crippen LogP contribution is -2.47. The average molecular weight is 530 g/mol. The summed E-state index contributed by atoms with van der Waals surface area (Å²) in [5.74, 6) is 1.12. The summed E-state index contributed by atoms with van der Waals surface area (Å²) in [6.07, 6.45) is 7.49. The zero-order chi connectivity index (χ0) is 25.9. The largest absolute Gasteiger partial charge is 0.454 e. The maximum atomic E-state index is 14.1. The monoisotopic (exact) mass is 529 g/mol. The summed E-state index contributed by atoms with van der Waals surface area (Å²) < 4.78 is 11.1. The Morgan fingerprint density at radius 1 is 1.03 bits per heavy atom. The van der Waals surface area contributed by atoms with Crippen LogP contribution in [0.5, 0.6) is 11.5 Å². The minimum absolute atomic E-state index is 0.107. The van der Waals surface area contributed by atoms with E-state index in [1.807, 2.05) is 66.2 Å². The fraction of sp³-hybridized carbons (Fsp3) is 0.333. The Morgan fingerprint density at radius 2 is 1.87 bits per heavy atom. The molecule has 2 aromatic carbocycles. The van der Waals surface area contributed by atoms with Gasteiger partial charge in [0, 0.05) is 34.6 Å². The Kier molecular flexibility index (Phi) is 7.05. The van der Waals surface area contributed by atoms with Crippen LogP contribution in [0.3, 0.4) is 0 Å². The standard InChI is InChI=1S/C30H31N3O4S/c34-28(16-21-17-31-24-10-5-4-9-23(21)24)33(18-20-12-13-25-26(15-20)37-19-36-25)29(27-11-6-14-38-27)30(35)32-22-7-2-1-3-8-22/h4-6,9-15,17,22,29,31H,1-3,7-8,16,18-19H2,(H,32,35)/t29-/m1/s1. The highest BCUT2D eigenvalue weighted by molar-refractivity contribution is 7.10. The van der Waals surface area contributed by atoms with Gasteiger partial charge in [0.1, 0.15) is 6.04 Å². The second kappa shape index (κ2) is 10.9. The van der Waals surface area contributed by atoms with Crippen LogP contribution < -0.4 is 14.8 Å². The molecule has 0 spiro atoms. The van der Waals surface area contributed by atoms with E-state index in [0.717, 1.165) is 52.6 Å². The normalized spacial score (nSPS) is 15.9. The highest BCUT2D eigenvalue weighted by Crippen LogP contribution is 2.35. The van der Waals surface area contributed by atoms with Crippen molar-refractivity contribution in [2.75, 3.05) is 6.79 Å². The van der Waals surface area contributed by atoms with Crippen molar-refractivity contribution < 1.29 is 19.1 Å². The van der Waals surface area contributed by atoms with Crippen LogP contribution in [-0.4, -0.2) is 34.5 Å². The third-order valence-corrected chi connectivity index (χ3v) is 8.38. The minimum atomic E-state index is -0.722. The van der Waals surface area contributed by atoms with Crippen molar-refractivity contribution in [3.05, 3.63) is 82.2 Å². The highest BCUT2D eigenvalue weighted by atomic mass is 32.1. The minimum Gasteiger partial charge on any atom is -0.454 e. The van der Waals surface area contributed by atoms with E-state index in [9.17, 15) is 9.59 Å². The Bertz CT molecular complexity index is 1420. The van der Waals surface area contributed by atoms with E-state index in [2.05, 4.69) is 10.3 Å². The van der Waals surface area contributed by atoms with E-state index < -0.39 is 6.04 Å². The topological polar surface area (TPSA) is 83.7 Å². The van der Waals surface area contributed by atoms with E-state index in [0.29, 0.717) is 11.5 Å². The third kappa shape index (κ3) is 5.13. The lowest BCUT2D eigenvalue weighted by atomic mass is 9.95. The van der Waals surface area contributed by atoms with Crippen LogP contribution in [-0.2, 0) is 22.6 Å². The maximum Gasteiger partial charge on any atom is 0.248 e. The first kappa shape index (κ1) is 24.6. The smallest absolute Gasteiger partial charge is 0.248 e. The predicted molar refractivity (Wildman–Crippen MR) is 147 cm³/mol. The van der Waals surface area contributed by atoms with Crippen LogP contribution in [0.25, 0.3) is 10.9 Å². The molecule has 1 saturated carbocycles. The number of H-pyrrole nitrogens is 1. The van der Waals surface area contributed by atoms with Gasteiger partial charge in [0.25, 0.3) is 0 Å². The van der Waals surface area contributed by atoms with Gasteiger partial charge < -0.3 is 24.7 Å². The van der Waals surface area contributed by atoms with Gasteiger partial charge in [-0.1, -0.05) is 49.6 Å². The summed E-state index contributed by atoms with van der Waals surface area (Å²) in [5.41, 5.74) is 2.79. The van der Waals surface area contributed by atoms with Gasteiger partial charge in [0.2, 0.25) is 18.6 Å². The first-order valence-corrected chi connectivity index (χ1v) is 14.1. The molecule has 2 amide bonds. The molecule has 3 heterocycles. The van der Waals surface area contributed by atoms with Crippen molar-refractivity contribution in [3.63, 3.8) is 0 Å². The van der Waals surface area contributed by atoms with Gasteiger partial charge in [-0.25, -0.2) is 0 Å². The molecular weight excluding hydrogens is 498 g/mol. The number of ether oxygens (including phenoxy) is 2. The Hall–Kier alpha value is -3.78. The molecule has 38 heavy (non-hydrogen) atoms. The molecule has 1 aliphatic carbocycles. The first-order chi connectivity index (χ1) is 18.7. The highest BCUT2D eigenvalue weighted by Gasteiger charge is 2.34. The number of para-hydroxylation sites is 1. The molecule has 4 aromatic rings. The molecule has 0 radical (unpaired) electrons. The van der Waals surface area contributed by atoms with Gasteiger partial charge in [0.05, 0.1) is 6.42 Å². The van der Waals surface area contributed by atoms with Gasteiger partial charge in [-0.15, -0.1) is 11.3 Å². The molecule has 0 bridgehead atoms. The molecule has 1 aliphatic heterocycles. The van der Waals surface area contributed by atoms with Crippen LogP contribution in [0.1, 0.15) is 54.1 Å². The fourth-order valence-electron chi connectivity index (χ4n) is 5.50. The maximum absolute atomic E-state index is 14.1. The predicted octanol–water partition coefficient (Wildman–Crippen LogP) is 5.72. The van der Waals surface area contributed by atoms with Crippen molar-refractivity contribution in [1.29, 1.82) is 0 Å². The zero-order valence-corrected chi connectivity index (χ0v) is 22.0. The van der Waals surface area contributed by atoms with E-state index >= 15 is 0 Å². The molecule has 1 fully saturated rings. The van der Waals surface area contributed by atoms with E-state index in [1.165, 1.54) is 17.8 Å². The van der Waals surface area contributed by atoms with Crippen molar-refractivity contribution in [2.45, 2.75) is 57.2 Å². The second-order valence-corrected chi connectivity index (χ2v) is 11.0. The van der Waals surface area contributed by atoms with Crippen LogP contribution in [0.4, 0.5) is 0 Å². The van der Waals surface area contributed by atoms with Crippen LogP contribution in [0.2, 0.25) is 0 Å². The lowest BCUT2D eigenvalue weighted by Gasteiger charge is -2.33. The number of rotatable bonds is 8. The molecule has 2 aliphatic rings. The number of carbonyl (C=O) groups is 2. The second-order valence-electron chi connectivity index (χ2n) is 10.0. The van der Waals surface area contributed by atoms with Gasteiger partial charge in [-0.3, -0.25) is 9.59 Å². The number of fused-ring (bicyclic) bond motifs is 2. The zero-order valence-electron chi connectivity index (χ0n) is 21.2. The van der Waals surface area contributed by atoms with Gasteiger partial charge >= 0.3 is 0 Å². The van der Waals surface area contributed by atoms with Crippen molar-refractivity contribution in [3.8, 4) is 11.5 Å². The van der Waals surface area contributed by atoms with Gasteiger partial charge in [-0.05, 0) is 53.6 Å². The fourth-order valence-corrected chi connectivity index (χ4v) is 6.33. The molecule has 7 nitrogen and oxygen atoms in total. The molecule has 196 valence electrons. The van der Waals surface area contributed by atoms with Crippen molar-refractivity contribution >= 4 is 34.1 Å². The number of nitrogens with one attached hydrogen (secondary N) is 2. The molecule has 6 rings (SSSR count). The Morgan fingerprint density at radius 3 is 2.71 bits per heavy atom. The summed E-state index contributed by atoms with van der Waals surface area (Å²) in [6.45, 7) is 0.460. The Balaban J connectivity index is 1.34. The number of hydrogen-bond acceptors (Lipinski definition) is 5. The molecule has 2 aromatic heterocycles. The summed E-state index contributed by atoms with van der Waals surface area (Å²) in [5, 5.41) is 6.26. The number of benzene rings is 2. The molecule has 0 unspecified atom stereocenters. The number of thiophene rings is 1. The quantitative estimate of drug-likeness (QED) is 0.306. The number of amides is 2. The molecule has 1 atom stereocenters. The molecule has 2 N–H and O–H groups in total.